The Morgan fingerprint density at radius 1 is 0.276 bits per heavy atom. The zero-order valence-corrected chi connectivity index (χ0v) is 31.1. The van der Waals surface area contributed by atoms with Crippen LogP contribution in [0.15, 0.2) is 201 Å². The summed E-state index contributed by atoms with van der Waals surface area (Å²) >= 11 is 0. The molecule has 4 nitrogen and oxygen atoms in total. The fraction of sp³-hybridized carbons (Fsp3) is 0. The molecule has 0 aliphatic rings. The third-order valence-corrected chi connectivity index (χ3v) is 12.0. The summed E-state index contributed by atoms with van der Waals surface area (Å²) in [5, 5.41) is 8.99. The van der Waals surface area contributed by atoms with Crippen LogP contribution < -0.4 is 0 Å². The summed E-state index contributed by atoms with van der Waals surface area (Å²) in [5.41, 5.74) is 15.3. The van der Waals surface area contributed by atoms with Gasteiger partial charge in [0.25, 0.3) is 0 Å². The van der Waals surface area contributed by atoms with Gasteiger partial charge in [-0.1, -0.05) is 115 Å². The minimum absolute atomic E-state index is 0.865. The first-order valence-electron chi connectivity index (χ1n) is 19.7. The third-order valence-electron chi connectivity index (χ3n) is 12.0. The molecule has 0 N–H and O–H groups in total. The maximum absolute atomic E-state index is 6.39. The molecular formula is C54H31NO3. The van der Waals surface area contributed by atoms with Crippen molar-refractivity contribution < 1.29 is 13.3 Å². The minimum atomic E-state index is 0.865. The Hall–Kier alpha value is -7.82. The van der Waals surface area contributed by atoms with Crippen LogP contribution >= 0.6 is 0 Å². The van der Waals surface area contributed by atoms with Crippen molar-refractivity contribution in [3.63, 3.8) is 0 Å². The smallest absolute Gasteiger partial charge is 0.135 e. The van der Waals surface area contributed by atoms with E-state index in [1.807, 2.05) is 36.4 Å². The summed E-state index contributed by atoms with van der Waals surface area (Å²) in [5.74, 6) is 0. The van der Waals surface area contributed by atoms with E-state index in [-0.39, 0.29) is 0 Å². The first-order valence-corrected chi connectivity index (χ1v) is 19.7. The van der Waals surface area contributed by atoms with Crippen molar-refractivity contribution in [1.82, 2.24) is 4.57 Å². The summed E-state index contributed by atoms with van der Waals surface area (Å²) in [4.78, 5) is 0. The minimum Gasteiger partial charge on any atom is -0.456 e. The highest BCUT2D eigenvalue weighted by Crippen LogP contribution is 2.48. The van der Waals surface area contributed by atoms with Crippen molar-refractivity contribution >= 4 is 87.6 Å². The fourth-order valence-corrected chi connectivity index (χ4v) is 9.45. The monoisotopic (exact) mass is 741 g/mol. The molecule has 13 rings (SSSR count). The molecule has 0 aliphatic carbocycles. The number of aromatic nitrogens is 1. The molecule has 0 spiro atoms. The van der Waals surface area contributed by atoms with Crippen LogP contribution in [0.25, 0.3) is 127 Å². The van der Waals surface area contributed by atoms with Gasteiger partial charge in [0.1, 0.15) is 33.5 Å². The molecule has 58 heavy (non-hydrogen) atoms. The van der Waals surface area contributed by atoms with Gasteiger partial charge in [0, 0.05) is 48.7 Å². The van der Waals surface area contributed by atoms with Crippen LogP contribution in [-0.2, 0) is 0 Å². The lowest BCUT2D eigenvalue weighted by Crippen LogP contribution is -2.01. The number of para-hydroxylation sites is 5. The van der Waals surface area contributed by atoms with Gasteiger partial charge >= 0.3 is 0 Å². The van der Waals surface area contributed by atoms with E-state index < -0.39 is 0 Å². The standard InChI is InChI=1S/C54H31NO3/c1-6-16-44-36(11-1)37-12-2-7-17-45(37)55(44)46-25-24-35(32-21-26-50-41(29-32)38-13-3-8-18-47(38)56-50)53(33-22-27-51-42(30-33)39-14-4-9-19-48(39)57-51)54(46)34-23-28-52-43(31-34)40-15-5-10-20-49(40)58-52/h1-31H. The molecule has 4 heterocycles. The van der Waals surface area contributed by atoms with E-state index in [2.05, 4.69) is 156 Å². The van der Waals surface area contributed by atoms with Gasteiger partial charge in [0.2, 0.25) is 0 Å². The number of furan rings is 3. The Bertz CT molecular complexity index is 3760. The topological polar surface area (TPSA) is 44.4 Å². The number of rotatable bonds is 4. The average Bonchev–Trinajstić information content (AvgIpc) is 4.04. The van der Waals surface area contributed by atoms with Gasteiger partial charge in [-0.2, -0.15) is 0 Å². The summed E-state index contributed by atoms with van der Waals surface area (Å²) < 4.78 is 21.6. The van der Waals surface area contributed by atoms with Crippen LogP contribution in [0.2, 0.25) is 0 Å². The zero-order chi connectivity index (χ0) is 37.9. The van der Waals surface area contributed by atoms with Crippen LogP contribution in [0, 0.1) is 0 Å². The van der Waals surface area contributed by atoms with E-state index in [4.69, 9.17) is 13.3 Å². The molecule has 270 valence electrons. The molecule has 4 aromatic heterocycles. The van der Waals surface area contributed by atoms with Crippen molar-refractivity contribution in [3.8, 4) is 39.1 Å². The number of hydrogen-bond donors (Lipinski definition) is 0. The molecule has 0 aliphatic heterocycles. The van der Waals surface area contributed by atoms with Crippen LogP contribution in [0.5, 0.6) is 0 Å². The first-order chi connectivity index (χ1) is 28.7. The van der Waals surface area contributed by atoms with Crippen LogP contribution in [0.1, 0.15) is 0 Å². The highest BCUT2D eigenvalue weighted by atomic mass is 16.3. The van der Waals surface area contributed by atoms with Gasteiger partial charge in [0.15, 0.2) is 0 Å². The quantitative estimate of drug-likeness (QED) is 0.180. The molecule has 0 amide bonds. The van der Waals surface area contributed by atoms with Gasteiger partial charge in [-0.05, 0) is 101 Å². The second-order valence-electron chi connectivity index (χ2n) is 15.2. The van der Waals surface area contributed by atoms with Gasteiger partial charge < -0.3 is 17.8 Å². The first kappa shape index (κ1) is 31.4. The summed E-state index contributed by atoms with van der Waals surface area (Å²) in [6.45, 7) is 0. The number of fused-ring (bicyclic) bond motifs is 12. The van der Waals surface area contributed by atoms with Gasteiger partial charge in [-0.15, -0.1) is 0 Å². The van der Waals surface area contributed by atoms with Gasteiger partial charge in [-0.3, -0.25) is 0 Å². The van der Waals surface area contributed by atoms with Crippen molar-refractivity contribution in [3.05, 3.63) is 188 Å². The molecule has 0 saturated carbocycles. The van der Waals surface area contributed by atoms with E-state index in [0.717, 1.165) is 116 Å². The largest absolute Gasteiger partial charge is 0.456 e. The number of benzene rings is 9. The van der Waals surface area contributed by atoms with Gasteiger partial charge in [0.05, 0.1) is 16.7 Å². The van der Waals surface area contributed by atoms with E-state index >= 15 is 0 Å². The third kappa shape index (κ3) is 4.45. The highest BCUT2D eigenvalue weighted by Gasteiger charge is 2.24. The Kier molecular flexibility index (Phi) is 6.41. The molecule has 0 fully saturated rings. The van der Waals surface area contributed by atoms with Crippen molar-refractivity contribution in [1.29, 1.82) is 0 Å². The van der Waals surface area contributed by atoms with Crippen LogP contribution in [0.4, 0.5) is 0 Å². The lowest BCUT2D eigenvalue weighted by molar-refractivity contribution is 0.668. The van der Waals surface area contributed by atoms with Crippen LogP contribution in [0.3, 0.4) is 0 Å². The van der Waals surface area contributed by atoms with E-state index in [1.165, 1.54) is 10.8 Å². The summed E-state index contributed by atoms with van der Waals surface area (Å²) in [7, 11) is 0. The molecule has 0 saturated heterocycles. The van der Waals surface area contributed by atoms with Crippen molar-refractivity contribution in [2.24, 2.45) is 0 Å². The molecular weight excluding hydrogens is 711 g/mol. The van der Waals surface area contributed by atoms with Gasteiger partial charge in [-0.25, -0.2) is 0 Å². The predicted molar refractivity (Wildman–Crippen MR) is 239 cm³/mol. The summed E-state index contributed by atoms with van der Waals surface area (Å²) in [6.07, 6.45) is 0. The van der Waals surface area contributed by atoms with E-state index in [1.54, 1.807) is 0 Å². The Morgan fingerprint density at radius 3 is 1.16 bits per heavy atom. The number of hydrogen-bond acceptors (Lipinski definition) is 3. The average molecular weight is 742 g/mol. The molecule has 4 heteroatoms. The SMILES string of the molecule is c1ccc2c(c1)oc1ccc(-c3ccc(-n4c5ccccc5c5ccccc54)c(-c4ccc5oc6ccccc6c5c4)c3-c3ccc4oc5ccccc5c4c3)cc12. The number of nitrogens with zero attached hydrogens (tertiary/aromatic N) is 1. The normalized spacial score (nSPS) is 12.1. The molecule has 13 aromatic rings. The van der Waals surface area contributed by atoms with E-state index in [0.29, 0.717) is 0 Å². The highest BCUT2D eigenvalue weighted by molar-refractivity contribution is 6.14. The van der Waals surface area contributed by atoms with Crippen molar-refractivity contribution in [2.45, 2.75) is 0 Å². The predicted octanol–water partition coefficient (Wildman–Crippen LogP) is 15.5. The lowest BCUT2D eigenvalue weighted by atomic mass is 9.85. The molecule has 9 aromatic carbocycles. The summed E-state index contributed by atoms with van der Waals surface area (Å²) in [6, 6.07) is 67.0. The second kappa shape index (κ2) is 11.8. The second-order valence-corrected chi connectivity index (χ2v) is 15.2. The fourth-order valence-electron chi connectivity index (χ4n) is 9.45. The van der Waals surface area contributed by atoms with Crippen LogP contribution in [-0.4, -0.2) is 4.57 Å². The lowest BCUT2D eigenvalue weighted by Gasteiger charge is -2.22. The molecule has 0 bridgehead atoms. The van der Waals surface area contributed by atoms with E-state index in [9.17, 15) is 0 Å². The molecule has 0 radical (unpaired) electrons. The Balaban J connectivity index is 1.21. The van der Waals surface area contributed by atoms with Crippen molar-refractivity contribution in [2.75, 3.05) is 0 Å². The molecule has 0 unspecified atom stereocenters. The maximum Gasteiger partial charge on any atom is 0.135 e. The maximum atomic E-state index is 6.39. The Morgan fingerprint density at radius 2 is 0.655 bits per heavy atom. The molecule has 0 atom stereocenters. The Labute approximate surface area is 331 Å². The zero-order valence-electron chi connectivity index (χ0n) is 31.1.